The highest BCUT2D eigenvalue weighted by atomic mass is 16.3. The largest absolute Gasteiger partial charge is 0.393 e. The lowest BCUT2D eigenvalue weighted by atomic mass is 9.93. The smallest absolute Gasteiger partial charge is 0.315 e. The van der Waals surface area contributed by atoms with Crippen molar-refractivity contribution in [3.8, 4) is 0 Å². The van der Waals surface area contributed by atoms with E-state index in [1.54, 1.807) is 0 Å². The number of urea groups is 1. The highest BCUT2D eigenvalue weighted by Gasteiger charge is 2.20. The van der Waals surface area contributed by atoms with Gasteiger partial charge in [0.1, 0.15) is 0 Å². The Morgan fingerprint density at radius 2 is 2.00 bits per heavy atom. The number of aromatic nitrogens is 1. The second-order valence-electron chi connectivity index (χ2n) is 6.43. The van der Waals surface area contributed by atoms with Crippen LogP contribution in [0.5, 0.6) is 0 Å². The van der Waals surface area contributed by atoms with Crippen LogP contribution in [0, 0.1) is 6.92 Å². The molecule has 0 aliphatic heterocycles. The highest BCUT2D eigenvalue weighted by molar-refractivity contribution is 5.84. The Balaban J connectivity index is 1.49. The Kier molecular flexibility index (Phi) is 4.86. The van der Waals surface area contributed by atoms with E-state index in [-0.39, 0.29) is 18.2 Å². The molecule has 1 heterocycles. The number of carbonyl (C=O) groups excluding carboxylic acids is 1. The molecule has 0 saturated heterocycles. The van der Waals surface area contributed by atoms with E-state index in [1.165, 1.54) is 10.9 Å². The molecule has 0 spiro atoms. The second kappa shape index (κ2) is 7.04. The van der Waals surface area contributed by atoms with Crippen molar-refractivity contribution in [2.24, 2.45) is 0 Å². The number of rotatable bonds is 4. The first-order valence-corrected chi connectivity index (χ1v) is 8.42. The number of aliphatic hydroxyl groups is 1. The summed E-state index contributed by atoms with van der Waals surface area (Å²) >= 11 is 0. The number of aryl methyl sites for hydroxylation is 1. The maximum absolute atomic E-state index is 12.0. The zero-order valence-corrected chi connectivity index (χ0v) is 13.6. The molecule has 1 aromatic carbocycles. The van der Waals surface area contributed by atoms with Crippen molar-refractivity contribution >= 4 is 16.9 Å². The zero-order chi connectivity index (χ0) is 16.2. The van der Waals surface area contributed by atoms with Crippen molar-refractivity contribution in [1.82, 2.24) is 15.6 Å². The molecule has 5 heteroatoms. The van der Waals surface area contributed by atoms with Crippen LogP contribution < -0.4 is 10.6 Å². The number of benzene rings is 1. The normalized spacial score (nSPS) is 21.3. The molecule has 0 unspecified atom stereocenters. The lowest BCUT2D eigenvalue weighted by Gasteiger charge is -2.26. The predicted octanol–water partition coefficient (Wildman–Crippen LogP) is 2.62. The summed E-state index contributed by atoms with van der Waals surface area (Å²) in [5.74, 6) is 0. The number of hydrogen-bond donors (Lipinski definition) is 4. The van der Waals surface area contributed by atoms with Crippen LogP contribution in [0.4, 0.5) is 4.79 Å². The van der Waals surface area contributed by atoms with Gasteiger partial charge in [0.05, 0.1) is 6.10 Å². The lowest BCUT2D eigenvalue weighted by Crippen LogP contribution is -2.44. The van der Waals surface area contributed by atoms with Crippen molar-refractivity contribution < 1.29 is 9.90 Å². The Morgan fingerprint density at radius 1 is 1.26 bits per heavy atom. The summed E-state index contributed by atoms with van der Waals surface area (Å²) in [6.07, 6.45) is 3.89. The van der Waals surface area contributed by atoms with Crippen LogP contribution >= 0.6 is 0 Å². The quantitative estimate of drug-likeness (QED) is 0.700. The lowest BCUT2D eigenvalue weighted by molar-refractivity contribution is 0.117. The van der Waals surface area contributed by atoms with E-state index in [0.29, 0.717) is 6.54 Å². The van der Waals surface area contributed by atoms with Crippen LogP contribution in [0.25, 0.3) is 10.9 Å². The van der Waals surface area contributed by atoms with Gasteiger partial charge in [0, 0.05) is 29.2 Å². The average Bonchev–Trinajstić information content (AvgIpc) is 2.86. The monoisotopic (exact) mass is 315 g/mol. The number of carbonyl (C=O) groups is 1. The molecule has 1 saturated carbocycles. The van der Waals surface area contributed by atoms with Crippen molar-refractivity contribution in [3.63, 3.8) is 0 Å². The maximum Gasteiger partial charge on any atom is 0.315 e. The van der Waals surface area contributed by atoms with Gasteiger partial charge in [-0.25, -0.2) is 4.79 Å². The highest BCUT2D eigenvalue weighted by Crippen LogP contribution is 2.22. The summed E-state index contributed by atoms with van der Waals surface area (Å²) in [7, 11) is 0. The Hall–Kier alpha value is -2.01. The first-order chi connectivity index (χ1) is 11.1. The third kappa shape index (κ3) is 3.85. The molecule has 4 N–H and O–H groups in total. The summed E-state index contributed by atoms with van der Waals surface area (Å²) in [5, 5.41) is 16.7. The second-order valence-corrected chi connectivity index (χ2v) is 6.43. The molecule has 1 aliphatic rings. The van der Waals surface area contributed by atoms with Gasteiger partial charge in [0.25, 0.3) is 0 Å². The summed E-state index contributed by atoms with van der Waals surface area (Å²) in [6.45, 7) is 2.69. The zero-order valence-electron chi connectivity index (χ0n) is 13.6. The van der Waals surface area contributed by atoms with Crippen LogP contribution in [-0.4, -0.2) is 34.8 Å². The Morgan fingerprint density at radius 3 is 2.78 bits per heavy atom. The maximum atomic E-state index is 12.0. The number of H-pyrrole nitrogens is 1. The third-order valence-electron chi connectivity index (χ3n) is 4.72. The molecule has 1 fully saturated rings. The van der Waals surface area contributed by atoms with Gasteiger partial charge >= 0.3 is 6.03 Å². The third-order valence-corrected chi connectivity index (χ3v) is 4.72. The molecule has 0 bridgehead atoms. The first kappa shape index (κ1) is 15.9. The van der Waals surface area contributed by atoms with Gasteiger partial charge in [-0.3, -0.25) is 0 Å². The molecule has 0 radical (unpaired) electrons. The number of amides is 2. The van der Waals surface area contributed by atoms with Gasteiger partial charge < -0.3 is 20.7 Å². The van der Waals surface area contributed by atoms with Crippen LogP contribution in [0.2, 0.25) is 0 Å². The average molecular weight is 315 g/mol. The van der Waals surface area contributed by atoms with Gasteiger partial charge in [-0.2, -0.15) is 0 Å². The summed E-state index contributed by atoms with van der Waals surface area (Å²) in [4.78, 5) is 15.4. The fourth-order valence-electron chi connectivity index (χ4n) is 3.41. The number of aromatic amines is 1. The van der Waals surface area contributed by atoms with E-state index in [2.05, 4.69) is 34.7 Å². The van der Waals surface area contributed by atoms with Gasteiger partial charge in [0.2, 0.25) is 0 Å². The molecular formula is C18H25N3O2. The minimum Gasteiger partial charge on any atom is -0.393 e. The minimum atomic E-state index is -0.194. The van der Waals surface area contributed by atoms with Crippen molar-refractivity contribution in [3.05, 3.63) is 35.5 Å². The molecule has 1 aliphatic carbocycles. The molecule has 2 aromatic rings. The molecule has 124 valence electrons. The van der Waals surface area contributed by atoms with Crippen LogP contribution in [0.15, 0.2) is 24.3 Å². The number of fused-ring (bicyclic) bond motifs is 1. The number of nitrogens with one attached hydrogen (secondary N) is 3. The minimum absolute atomic E-state index is 0.108. The Bertz CT molecular complexity index is 672. The van der Waals surface area contributed by atoms with Crippen LogP contribution in [0.3, 0.4) is 0 Å². The van der Waals surface area contributed by atoms with Crippen LogP contribution in [0.1, 0.15) is 36.9 Å². The first-order valence-electron chi connectivity index (χ1n) is 8.42. The summed E-state index contributed by atoms with van der Waals surface area (Å²) in [5.41, 5.74) is 3.57. The van der Waals surface area contributed by atoms with Gasteiger partial charge in [0.15, 0.2) is 0 Å². The fourth-order valence-corrected chi connectivity index (χ4v) is 3.41. The van der Waals surface area contributed by atoms with Crippen molar-refractivity contribution in [2.45, 2.75) is 51.2 Å². The summed E-state index contributed by atoms with van der Waals surface area (Å²) < 4.78 is 0. The van der Waals surface area contributed by atoms with Gasteiger partial charge in [-0.15, -0.1) is 0 Å². The van der Waals surface area contributed by atoms with E-state index in [0.717, 1.165) is 43.3 Å². The molecule has 1 aromatic heterocycles. The van der Waals surface area contributed by atoms with E-state index in [4.69, 9.17) is 0 Å². The predicted molar refractivity (Wildman–Crippen MR) is 91.5 cm³/mol. The van der Waals surface area contributed by atoms with E-state index in [1.807, 2.05) is 12.1 Å². The van der Waals surface area contributed by atoms with Crippen molar-refractivity contribution in [1.29, 1.82) is 0 Å². The van der Waals surface area contributed by atoms with Gasteiger partial charge in [-0.05, 0) is 50.7 Å². The number of para-hydroxylation sites is 1. The van der Waals surface area contributed by atoms with Crippen molar-refractivity contribution in [2.75, 3.05) is 6.54 Å². The topological polar surface area (TPSA) is 77.2 Å². The van der Waals surface area contributed by atoms with Crippen LogP contribution in [-0.2, 0) is 6.42 Å². The SMILES string of the molecule is Cc1[nH]c2ccccc2c1CCNC(=O)NC1CCC(O)CC1. The molecule has 3 rings (SSSR count). The van der Waals surface area contributed by atoms with E-state index in [9.17, 15) is 9.90 Å². The molecule has 2 amide bonds. The van der Waals surface area contributed by atoms with E-state index >= 15 is 0 Å². The standard InChI is InChI=1S/C18H25N3O2/c1-12-15(16-4-2-3-5-17(16)20-12)10-11-19-18(23)21-13-6-8-14(22)9-7-13/h2-5,13-14,20,22H,6-11H2,1H3,(H2,19,21,23). The van der Waals surface area contributed by atoms with Gasteiger partial charge in [-0.1, -0.05) is 18.2 Å². The molecule has 23 heavy (non-hydrogen) atoms. The molecular weight excluding hydrogens is 290 g/mol. The Labute approximate surface area is 136 Å². The number of aliphatic hydroxyl groups excluding tert-OH is 1. The fraction of sp³-hybridized carbons (Fsp3) is 0.500. The van der Waals surface area contributed by atoms with E-state index < -0.39 is 0 Å². The summed E-state index contributed by atoms with van der Waals surface area (Å²) in [6, 6.07) is 8.33. The molecule has 5 nitrogen and oxygen atoms in total. The number of hydrogen-bond acceptors (Lipinski definition) is 2. The molecule has 0 atom stereocenters.